The Morgan fingerprint density at radius 3 is 2.83 bits per heavy atom. The number of amides is 2. The molecule has 0 unspecified atom stereocenters. The first-order valence-corrected chi connectivity index (χ1v) is 8.63. The summed E-state index contributed by atoms with van der Waals surface area (Å²) < 4.78 is 2.16. The maximum atomic E-state index is 12.0. The summed E-state index contributed by atoms with van der Waals surface area (Å²) in [6.45, 7) is 4.82. The fraction of sp³-hybridized carbons (Fsp3) is 0.556. The maximum Gasteiger partial charge on any atom is 0.315 e. The van der Waals surface area contributed by atoms with Gasteiger partial charge in [-0.1, -0.05) is 25.3 Å². The summed E-state index contributed by atoms with van der Waals surface area (Å²) in [4.78, 5) is 16.5. The lowest BCUT2D eigenvalue weighted by molar-refractivity contribution is 0.232. The Labute approximate surface area is 137 Å². The fourth-order valence-corrected chi connectivity index (χ4v) is 3.26. The molecule has 2 amide bonds. The molecular formula is C18H26N4O. The summed E-state index contributed by atoms with van der Waals surface area (Å²) in [5, 5.41) is 6.03. The highest BCUT2D eigenvalue weighted by Gasteiger charge is 2.15. The van der Waals surface area contributed by atoms with Crippen molar-refractivity contribution in [1.82, 2.24) is 20.2 Å². The molecule has 1 aliphatic carbocycles. The minimum absolute atomic E-state index is 0.0651. The lowest BCUT2D eigenvalue weighted by atomic mass is 9.96. The summed E-state index contributed by atoms with van der Waals surface area (Å²) >= 11 is 0. The van der Waals surface area contributed by atoms with Crippen molar-refractivity contribution >= 4 is 17.1 Å². The van der Waals surface area contributed by atoms with E-state index in [1.165, 1.54) is 19.3 Å². The SMILES string of the molecule is CC(C)n1cnc2cc(CNC(=O)NC3CCCCC3)ccc21. The number of carbonyl (C=O) groups excluding carboxylic acids is 1. The fourth-order valence-electron chi connectivity index (χ4n) is 3.26. The quantitative estimate of drug-likeness (QED) is 0.903. The van der Waals surface area contributed by atoms with Gasteiger partial charge in [0.25, 0.3) is 0 Å². The predicted octanol–water partition coefficient (Wildman–Crippen LogP) is 3.75. The molecule has 0 aliphatic heterocycles. The molecule has 1 fully saturated rings. The average Bonchev–Trinajstić information content (AvgIpc) is 2.97. The first-order chi connectivity index (χ1) is 11.1. The molecule has 0 saturated heterocycles. The van der Waals surface area contributed by atoms with Crippen LogP contribution in [-0.2, 0) is 6.54 Å². The Morgan fingerprint density at radius 2 is 2.09 bits per heavy atom. The zero-order valence-corrected chi connectivity index (χ0v) is 14.0. The zero-order chi connectivity index (χ0) is 16.2. The van der Waals surface area contributed by atoms with Crippen molar-refractivity contribution in [1.29, 1.82) is 0 Å². The normalized spacial score (nSPS) is 16.0. The largest absolute Gasteiger partial charge is 0.335 e. The van der Waals surface area contributed by atoms with Crippen LogP contribution in [0, 0.1) is 0 Å². The number of aromatic nitrogens is 2. The Balaban J connectivity index is 1.57. The van der Waals surface area contributed by atoms with Gasteiger partial charge < -0.3 is 15.2 Å². The third kappa shape index (κ3) is 3.84. The predicted molar refractivity (Wildman–Crippen MR) is 92.4 cm³/mol. The molecule has 1 aromatic carbocycles. The van der Waals surface area contributed by atoms with Crippen molar-refractivity contribution in [2.24, 2.45) is 0 Å². The van der Waals surface area contributed by atoms with Gasteiger partial charge in [-0.3, -0.25) is 0 Å². The molecule has 2 aromatic rings. The van der Waals surface area contributed by atoms with Crippen molar-refractivity contribution in [3.05, 3.63) is 30.1 Å². The maximum absolute atomic E-state index is 12.0. The van der Waals surface area contributed by atoms with Crippen molar-refractivity contribution in [3.63, 3.8) is 0 Å². The van der Waals surface area contributed by atoms with Crippen LogP contribution in [0.2, 0.25) is 0 Å². The summed E-state index contributed by atoms with van der Waals surface area (Å²) in [5.74, 6) is 0. The average molecular weight is 314 g/mol. The van der Waals surface area contributed by atoms with Crippen LogP contribution in [0.3, 0.4) is 0 Å². The van der Waals surface area contributed by atoms with Gasteiger partial charge >= 0.3 is 6.03 Å². The summed E-state index contributed by atoms with van der Waals surface area (Å²) in [6, 6.07) is 6.86. The standard InChI is InChI=1S/C18H26N4O/c1-13(2)22-12-20-16-10-14(8-9-17(16)22)11-19-18(23)21-15-6-4-3-5-7-15/h8-10,12-13,15H,3-7,11H2,1-2H3,(H2,19,21,23). The highest BCUT2D eigenvalue weighted by Crippen LogP contribution is 2.19. The van der Waals surface area contributed by atoms with Gasteiger partial charge in [-0.15, -0.1) is 0 Å². The Bertz CT molecular complexity index is 671. The molecule has 124 valence electrons. The van der Waals surface area contributed by atoms with Crippen molar-refractivity contribution in [2.45, 2.75) is 64.6 Å². The van der Waals surface area contributed by atoms with E-state index in [2.05, 4.69) is 52.2 Å². The van der Waals surface area contributed by atoms with Crippen LogP contribution in [-0.4, -0.2) is 21.6 Å². The summed E-state index contributed by atoms with van der Waals surface area (Å²) in [7, 11) is 0. The van der Waals surface area contributed by atoms with Gasteiger partial charge in [0.1, 0.15) is 0 Å². The Morgan fingerprint density at radius 1 is 1.30 bits per heavy atom. The molecule has 5 nitrogen and oxygen atoms in total. The number of carbonyl (C=O) groups is 1. The number of rotatable bonds is 4. The molecule has 1 heterocycles. The molecule has 2 N–H and O–H groups in total. The van der Waals surface area contributed by atoms with Crippen molar-refractivity contribution in [2.75, 3.05) is 0 Å². The smallest absolute Gasteiger partial charge is 0.315 e. The van der Waals surface area contributed by atoms with Crippen LogP contribution in [0.4, 0.5) is 4.79 Å². The van der Waals surface area contributed by atoms with Crippen molar-refractivity contribution in [3.8, 4) is 0 Å². The Kier molecular flexibility index (Phi) is 4.84. The van der Waals surface area contributed by atoms with Crippen LogP contribution < -0.4 is 10.6 Å². The number of nitrogens with one attached hydrogen (secondary N) is 2. The number of imidazole rings is 1. The van der Waals surface area contributed by atoms with Crippen LogP contribution in [0.15, 0.2) is 24.5 Å². The van der Waals surface area contributed by atoms with Crippen LogP contribution in [0.1, 0.15) is 57.6 Å². The van der Waals surface area contributed by atoms with Gasteiger partial charge in [-0.25, -0.2) is 9.78 Å². The second-order valence-corrected chi connectivity index (χ2v) is 6.73. The van der Waals surface area contributed by atoms with Crippen LogP contribution in [0.5, 0.6) is 0 Å². The second-order valence-electron chi connectivity index (χ2n) is 6.73. The highest BCUT2D eigenvalue weighted by molar-refractivity contribution is 5.77. The van der Waals surface area contributed by atoms with E-state index in [9.17, 15) is 4.79 Å². The van der Waals surface area contributed by atoms with E-state index >= 15 is 0 Å². The number of hydrogen-bond acceptors (Lipinski definition) is 2. The lowest BCUT2D eigenvalue weighted by Crippen LogP contribution is -2.42. The number of fused-ring (bicyclic) bond motifs is 1. The van der Waals surface area contributed by atoms with E-state index in [0.29, 0.717) is 18.6 Å². The first kappa shape index (κ1) is 15.8. The molecular weight excluding hydrogens is 288 g/mol. The summed E-state index contributed by atoms with van der Waals surface area (Å²) in [6.07, 6.45) is 7.82. The van der Waals surface area contributed by atoms with Gasteiger partial charge in [-0.2, -0.15) is 0 Å². The highest BCUT2D eigenvalue weighted by atomic mass is 16.2. The zero-order valence-electron chi connectivity index (χ0n) is 14.0. The molecule has 23 heavy (non-hydrogen) atoms. The molecule has 0 radical (unpaired) electrons. The Hall–Kier alpha value is -2.04. The van der Waals surface area contributed by atoms with Crippen LogP contribution >= 0.6 is 0 Å². The van der Waals surface area contributed by atoms with Crippen molar-refractivity contribution < 1.29 is 4.79 Å². The second kappa shape index (κ2) is 7.02. The number of hydrogen-bond donors (Lipinski definition) is 2. The van der Waals surface area contributed by atoms with Crippen LogP contribution in [0.25, 0.3) is 11.0 Å². The topological polar surface area (TPSA) is 59.0 Å². The van der Waals surface area contributed by atoms with Gasteiger partial charge in [0.2, 0.25) is 0 Å². The molecule has 0 atom stereocenters. The van der Waals surface area contributed by atoms with Gasteiger partial charge in [0.15, 0.2) is 0 Å². The molecule has 5 heteroatoms. The van der Waals surface area contributed by atoms with Gasteiger partial charge in [0.05, 0.1) is 17.4 Å². The van der Waals surface area contributed by atoms with Gasteiger partial charge in [0, 0.05) is 18.6 Å². The molecule has 1 aromatic heterocycles. The lowest BCUT2D eigenvalue weighted by Gasteiger charge is -2.22. The van der Waals surface area contributed by atoms with E-state index in [1.54, 1.807) is 0 Å². The third-order valence-corrected chi connectivity index (χ3v) is 4.59. The minimum Gasteiger partial charge on any atom is -0.335 e. The van der Waals surface area contributed by atoms with E-state index in [-0.39, 0.29) is 6.03 Å². The number of benzene rings is 1. The van der Waals surface area contributed by atoms with E-state index in [1.807, 2.05) is 6.33 Å². The van der Waals surface area contributed by atoms with E-state index < -0.39 is 0 Å². The monoisotopic (exact) mass is 314 g/mol. The minimum atomic E-state index is -0.0651. The first-order valence-electron chi connectivity index (χ1n) is 8.63. The number of urea groups is 1. The summed E-state index contributed by atoms with van der Waals surface area (Å²) in [5.41, 5.74) is 3.19. The molecule has 1 saturated carbocycles. The third-order valence-electron chi connectivity index (χ3n) is 4.59. The molecule has 0 spiro atoms. The van der Waals surface area contributed by atoms with Gasteiger partial charge in [-0.05, 0) is 44.4 Å². The van der Waals surface area contributed by atoms with E-state index in [0.717, 1.165) is 29.4 Å². The molecule has 1 aliphatic rings. The molecule has 0 bridgehead atoms. The molecule has 3 rings (SSSR count). The van der Waals surface area contributed by atoms with E-state index in [4.69, 9.17) is 0 Å². The number of nitrogens with zero attached hydrogens (tertiary/aromatic N) is 2.